The molecule has 2 aromatic rings. The second kappa shape index (κ2) is 8.41. The predicted molar refractivity (Wildman–Crippen MR) is 95.6 cm³/mol. The van der Waals surface area contributed by atoms with Crippen molar-refractivity contribution in [1.29, 1.82) is 0 Å². The highest BCUT2D eigenvalue weighted by atomic mass is 19.4. The van der Waals surface area contributed by atoms with E-state index in [1.165, 1.54) is 0 Å². The first-order chi connectivity index (χ1) is 14.1. The summed E-state index contributed by atoms with van der Waals surface area (Å²) < 4.78 is 87.8. The third-order valence-electron chi connectivity index (χ3n) is 4.52. The summed E-state index contributed by atoms with van der Waals surface area (Å²) in [6.45, 7) is 1.99. The van der Waals surface area contributed by atoms with E-state index in [0.29, 0.717) is 24.1 Å². The van der Waals surface area contributed by atoms with E-state index in [4.69, 9.17) is 4.74 Å². The highest BCUT2D eigenvalue weighted by Gasteiger charge is 2.32. The summed E-state index contributed by atoms with van der Waals surface area (Å²) >= 11 is 0. The fraction of sp³-hybridized carbons (Fsp3) is 0.286. The molecule has 160 valence electrons. The Morgan fingerprint density at radius 2 is 1.80 bits per heavy atom. The van der Waals surface area contributed by atoms with Gasteiger partial charge in [0.2, 0.25) is 0 Å². The van der Waals surface area contributed by atoms with E-state index in [9.17, 15) is 31.1 Å². The number of halogens is 6. The van der Waals surface area contributed by atoms with Crippen LogP contribution in [0.4, 0.5) is 26.3 Å². The zero-order chi connectivity index (χ0) is 22.1. The Morgan fingerprint density at radius 1 is 1.07 bits per heavy atom. The Bertz CT molecular complexity index is 1010. The van der Waals surface area contributed by atoms with Gasteiger partial charge >= 0.3 is 12.3 Å². The lowest BCUT2D eigenvalue weighted by Gasteiger charge is -2.19. The molecular weight excluding hydrogens is 414 g/mol. The van der Waals surface area contributed by atoms with Crippen LogP contribution in [0.2, 0.25) is 0 Å². The van der Waals surface area contributed by atoms with Crippen LogP contribution < -0.4 is 9.47 Å². The van der Waals surface area contributed by atoms with Gasteiger partial charge in [-0.05, 0) is 48.6 Å². The van der Waals surface area contributed by atoms with Crippen LogP contribution in [0.15, 0.2) is 29.8 Å². The highest BCUT2D eigenvalue weighted by molar-refractivity contribution is 5.92. The number of benzene rings is 2. The van der Waals surface area contributed by atoms with Crippen molar-refractivity contribution in [2.75, 3.05) is 0 Å². The Morgan fingerprint density at radius 3 is 2.43 bits per heavy atom. The van der Waals surface area contributed by atoms with Crippen LogP contribution in [0.1, 0.15) is 47.7 Å². The summed E-state index contributed by atoms with van der Waals surface area (Å²) in [6.07, 6.45) is -0.875. The van der Waals surface area contributed by atoms with E-state index < -0.39 is 46.8 Å². The van der Waals surface area contributed by atoms with Crippen molar-refractivity contribution in [3.8, 4) is 11.5 Å². The van der Waals surface area contributed by atoms with Gasteiger partial charge in [-0.25, -0.2) is 18.0 Å². The first kappa shape index (κ1) is 21.7. The molecule has 1 aliphatic carbocycles. The van der Waals surface area contributed by atoms with Crippen LogP contribution in [0.25, 0.3) is 6.08 Å². The maximum absolute atomic E-state index is 14.8. The van der Waals surface area contributed by atoms with Crippen molar-refractivity contribution in [3.63, 3.8) is 0 Å². The van der Waals surface area contributed by atoms with E-state index in [2.05, 4.69) is 4.74 Å². The van der Waals surface area contributed by atoms with Gasteiger partial charge in [0, 0.05) is 6.07 Å². The molecule has 0 spiro atoms. The quantitative estimate of drug-likeness (QED) is 0.315. The van der Waals surface area contributed by atoms with E-state index >= 15 is 0 Å². The van der Waals surface area contributed by atoms with Crippen LogP contribution in [0.5, 0.6) is 11.5 Å². The molecule has 0 N–H and O–H groups in total. The minimum absolute atomic E-state index is 0.170. The second-order valence-corrected chi connectivity index (χ2v) is 6.70. The van der Waals surface area contributed by atoms with E-state index in [-0.39, 0.29) is 12.0 Å². The average molecular weight is 430 g/mol. The molecule has 1 aliphatic rings. The molecule has 0 atom stereocenters. The summed E-state index contributed by atoms with van der Waals surface area (Å²) in [5.74, 6) is -6.78. The smallest absolute Gasteiger partial charge is 0.423 e. The molecular formula is C21H16F6O3. The maximum atomic E-state index is 14.8. The number of rotatable bonds is 5. The summed E-state index contributed by atoms with van der Waals surface area (Å²) in [6, 6.07) is 2.89. The number of alkyl halides is 3. The van der Waals surface area contributed by atoms with Crippen LogP contribution in [0, 0.1) is 17.5 Å². The minimum Gasteiger partial charge on any atom is -0.423 e. The molecule has 3 nitrogen and oxygen atoms in total. The number of allylic oxidation sites excluding steroid dienone is 1. The third kappa shape index (κ3) is 4.77. The molecule has 0 bridgehead atoms. The van der Waals surface area contributed by atoms with Gasteiger partial charge in [0.15, 0.2) is 11.6 Å². The standard InChI is InChI=1S/C21H16F6O3/c1-2-3-11-4-6-14-12(8-11)9-16(23)18(19(14)24)20(28)29-13-5-7-17(15(22)10-13)30-21(25,26)27/h5,7-10H,2-4,6H2,1H3. The number of ether oxygens (including phenoxy) is 2. The van der Waals surface area contributed by atoms with Gasteiger partial charge in [-0.1, -0.05) is 25.0 Å². The lowest BCUT2D eigenvalue weighted by molar-refractivity contribution is -0.275. The Hall–Kier alpha value is -2.97. The Kier molecular flexibility index (Phi) is 6.09. The summed E-state index contributed by atoms with van der Waals surface area (Å²) in [5.41, 5.74) is 0.618. The number of carbonyl (C=O) groups excluding carboxylic acids is 1. The number of hydrogen-bond acceptors (Lipinski definition) is 3. The molecule has 30 heavy (non-hydrogen) atoms. The third-order valence-corrected chi connectivity index (χ3v) is 4.52. The zero-order valence-corrected chi connectivity index (χ0v) is 15.7. The van der Waals surface area contributed by atoms with Crippen LogP contribution in [-0.4, -0.2) is 12.3 Å². The lowest BCUT2D eigenvalue weighted by Crippen LogP contribution is -2.18. The van der Waals surface area contributed by atoms with Crippen molar-refractivity contribution in [1.82, 2.24) is 0 Å². The predicted octanol–water partition coefficient (Wildman–Crippen LogP) is 6.35. The van der Waals surface area contributed by atoms with Crippen molar-refractivity contribution in [2.24, 2.45) is 0 Å². The monoisotopic (exact) mass is 430 g/mol. The van der Waals surface area contributed by atoms with Crippen molar-refractivity contribution < 1.29 is 40.6 Å². The minimum atomic E-state index is -5.11. The molecule has 0 aliphatic heterocycles. The molecule has 0 heterocycles. The van der Waals surface area contributed by atoms with Gasteiger partial charge < -0.3 is 9.47 Å². The first-order valence-electron chi connectivity index (χ1n) is 9.07. The van der Waals surface area contributed by atoms with Crippen LogP contribution in [-0.2, 0) is 6.42 Å². The molecule has 0 fully saturated rings. The fourth-order valence-electron chi connectivity index (χ4n) is 3.25. The fourth-order valence-corrected chi connectivity index (χ4v) is 3.25. The van der Waals surface area contributed by atoms with E-state index in [1.54, 1.807) is 6.08 Å². The number of esters is 1. The topological polar surface area (TPSA) is 35.5 Å². The van der Waals surface area contributed by atoms with E-state index in [0.717, 1.165) is 30.5 Å². The van der Waals surface area contributed by atoms with Gasteiger partial charge in [0.25, 0.3) is 0 Å². The van der Waals surface area contributed by atoms with Gasteiger partial charge in [-0.2, -0.15) is 0 Å². The van der Waals surface area contributed by atoms with E-state index in [1.807, 2.05) is 6.92 Å². The van der Waals surface area contributed by atoms with Gasteiger partial charge in [-0.15, -0.1) is 13.2 Å². The molecule has 0 amide bonds. The summed E-state index contributed by atoms with van der Waals surface area (Å²) in [7, 11) is 0. The Balaban J connectivity index is 1.85. The summed E-state index contributed by atoms with van der Waals surface area (Å²) in [4.78, 5) is 12.3. The zero-order valence-electron chi connectivity index (χ0n) is 15.7. The second-order valence-electron chi connectivity index (χ2n) is 6.70. The molecule has 0 radical (unpaired) electrons. The van der Waals surface area contributed by atoms with Crippen molar-refractivity contribution >= 4 is 12.0 Å². The van der Waals surface area contributed by atoms with Gasteiger partial charge in [0.05, 0.1) is 0 Å². The number of hydrogen-bond donors (Lipinski definition) is 0. The number of carbonyl (C=O) groups is 1. The first-order valence-corrected chi connectivity index (χ1v) is 9.07. The molecule has 0 saturated heterocycles. The lowest BCUT2D eigenvalue weighted by atomic mass is 9.88. The molecule has 0 saturated carbocycles. The van der Waals surface area contributed by atoms with Crippen molar-refractivity contribution in [2.45, 2.75) is 39.0 Å². The molecule has 0 unspecified atom stereocenters. The molecule has 3 rings (SSSR count). The molecule has 0 aromatic heterocycles. The maximum Gasteiger partial charge on any atom is 0.573 e. The number of fused-ring (bicyclic) bond motifs is 1. The van der Waals surface area contributed by atoms with Gasteiger partial charge in [-0.3, -0.25) is 0 Å². The average Bonchev–Trinajstić information content (AvgIpc) is 2.63. The SMILES string of the molecule is CCCC1=Cc2cc(F)c(C(=O)Oc3ccc(OC(F)(F)F)c(F)c3)c(F)c2CC1. The molecule has 2 aromatic carbocycles. The van der Waals surface area contributed by atoms with Crippen LogP contribution in [0.3, 0.4) is 0 Å². The highest BCUT2D eigenvalue weighted by Crippen LogP contribution is 2.33. The molecule has 9 heteroatoms. The van der Waals surface area contributed by atoms with Crippen LogP contribution >= 0.6 is 0 Å². The summed E-state index contributed by atoms with van der Waals surface area (Å²) in [5, 5.41) is 0. The Labute approximate surface area is 167 Å². The normalized spacial score (nSPS) is 13.5. The van der Waals surface area contributed by atoms with Gasteiger partial charge in [0.1, 0.15) is 22.9 Å². The largest absolute Gasteiger partial charge is 0.573 e. The van der Waals surface area contributed by atoms with Crippen molar-refractivity contribution in [3.05, 3.63) is 64.0 Å².